The molecule has 116 valence electrons. The van der Waals surface area contributed by atoms with Crippen LogP contribution in [0.4, 0.5) is 14.7 Å². The van der Waals surface area contributed by atoms with E-state index in [2.05, 4.69) is 9.97 Å². The Bertz CT molecular complexity index is 636. The molecule has 4 nitrogen and oxygen atoms in total. The first-order chi connectivity index (χ1) is 10.5. The van der Waals surface area contributed by atoms with Gasteiger partial charge in [-0.25, -0.2) is 18.7 Å². The Balaban J connectivity index is 1.71. The van der Waals surface area contributed by atoms with E-state index >= 15 is 0 Å². The zero-order chi connectivity index (χ0) is 15.6. The summed E-state index contributed by atoms with van der Waals surface area (Å²) >= 11 is 0. The first kappa shape index (κ1) is 14.7. The molecule has 1 aliphatic carbocycles. The summed E-state index contributed by atoms with van der Waals surface area (Å²) in [4.78, 5) is 10.3. The van der Waals surface area contributed by atoms with Crippen LogP contribution in [0.3, 0.4) is 0 Å². The number of rotatable bonds is 6. The molecule has 1 heterocycles. The van der Waals surface area contributed by atoms with Gasteiger partial charge >= 0.3 is 0 Å². The number of hydrogen-bond acceptors (Lipinski definition) is 4. The van der Waals surface area contributed by atoms with Gasteiger partial charge in [0.2, 0.25) is 5.95 Å². The Labute approximate surface area is 127 Å². The molecule has 3 rings (SSSR count). The van der Waals surface area contributed by atoms with Crippen LogP contribution in [0.1, 0.15) is 18.4 Å². The lowest BCUT2D eigenvalue weighted by atomic mass is 10.2. The summed E-state index contributed by atoms with van der Waals surface area (Å²) in [7, 11) is 0. The number of phenolic OH excluding ortho intramolecular Hbond substituents is 1. The van der Waals surface area contributed by atoms with Crippen molar-refractivity contribution in [2.75, 3.05) is 11.4 Å². The molecular formula is C16H17F2N3O. The second kappa shape index (κ2) is 5.87. The highest BCUT2D eigenvalue weighted by atomic mass is 19.3. The Kier molecular flexibility index (Phi) is 3.92. The Morgan fingerprint density at radius 3 is 2.59 bits per heavy atom. The summed E-state index contributed by atoms with van der Waals surface area (Å²) in [5, 5.41) is 9.54. The molecule has 0 spiro atoms. The fraction of sp³-hybridized carbons (Fsp3) is 0.375. The summed E-state index contributed by atoms with van der Waals surface area (Å²) < 4.78 is 26.1. The first-order valence-corrected chi connectivity index (χ1v) is 7.22. The first-order valence-electron chi connectivity index (χ1n) is 7.22. The molecule has 0 radical (unpaired) electrons. The number of aromatic hydroxyl groups is 1. The van der Waals surface area contributed by atoms with Crippen LogP contribution in [0.2, 0.25) is 0 Å². The molecule has 1 aromatic heterocycles. The van der Waals surface area contributed by atoms with Crippen LogP contribution in [-0.2, 0) is 6.54 Å². The average molecular weight is 305 g/mol. The Morgan fingerprint density at radius 1 is 1.23 bits per heavy atom. The van der Waals surface area contributed by atoms with Crippen LogP contribution < -0.4 is 4.90 Å². The molecule has 0 amide bonds. The van der Waals surface area contributed by atoms with E-state index in [-0.39, 0.29) is 12.2 Å². The molecule has 1 aromatic carbocycles. The third kappa shape index (κ3) is 3.50. The molecule has 0 bridgehead atoms. The summed E-state index contributed by atoms with van der Waals surface area (Å²) in [6, 6.07) is 8.59. The van der Waals surface area contributed by atoms with Gasteiger partial charge in [0, 0.05) is 37.8 Å². The smallest absolute Gasteiger partial charge is 0.251 e. The summed E-state index contributed by atoms with van der Waals surface area (Å²) in [6.07, 6.45) is 3.64. The van der Waals surface area contributed by atoms with Crippen molar-refractivity contribution < 1.29 is 13.9 Å². The number of alkyl halides is 2. The maximum Gasteiger partial charge on any atom is 0.251 e. The van der Waals surface area contributed by atoms with Crippen LogP contribution >= 0.6 is 0 Å². The van der Waals surface area contributed by atoms with Gasteiger partial charge < -0.3 is 10.0 Å². The molecule has 1 fully saturated rings. The van der Waals surface area contributed by atoms with E-state index in [0.717, 1.165) is 5.56 Å². The quantitative estimate of drug-likeness (QED) is 0.890. The standard InChI is InChI=1S/C16H17F2N3O/c17-16(18)10-13(16)5-8-21(15-19-6-2-7-20-15)11-12-3-1-4-14(22)9-12/h1-4,6-7,9,13,22H,5,8,10-11H2. The van der Waals surface area contributed by atoms with Crippen molar-refractivity contribution in [2.24, 2.45) is 5.92 Å². The van der Waals surface area contributed by atoms with Gasteiger partial charge in [-0.05, 0) is 30.2 Å². The van der Waals surface area contributed by atoms with Crippen molar-refractivity contribution >= 4 is 5.95 Å². The number of nitrogens with zero attached hydrogens (tertiary/aromatic N) is 3. The molecular weight excluding hydrogens is 288 g/mol. The normalized spacial score (nSPS) is 18.9. The Morgan fingerprint density at radius 2 is 1.95 bits per heavy atom. The topological polar surface area (TPSA) is 49.2 Å². The van der Waals surface area contributed by atoms with Gasteiger partial charge in [-0.1, -0.05) is 12.1 Å². The lowest BCUT2D eigenvalue weighted by molar-refractivity contribution is 0.0974. The summed E-state index contributed by atoms with van der Waals surface area (Å²) in [5.74, 6) is -2.35. The minimum Gasteiger partial charge on any atom is -0.508 e. The van der Waals surface area contributed by atoms with Gasteiger partial charge in [-0.2, -0.15) is 0 Å². The third-order valence-electron chi connectivity index (χ3n) is 3.82. The lowest BCUT2D eigenvalue weighted by Gasteiger charge is -2.22. The second-order valence-corrected chi connectivity index (χ2v) is 5.59. The largest absolute Gasteiger partial charge is 0.508 e. The molecule has 1 aliphatic rings. The molecule has 1 saturated carbocycles. The van der Waals surface area contributed by atoms with Crippen LogP contribution in [0.5, 0.6) is 5.75 Å². The number of anilines is 1. The molecule has 1 N–H and O–H groups in total. The highest BCUT2D eigenvalue weighted by molar-refractivity contribution is 5.34. The number of hydrogen-bond donors (Lipinski definition) is 1. The van der Waals surface area contributed by atoms with E-state index in [1.54, 1.807) is 36.7 Å². The zero-order valence-electron chi connectivity index (χ0n) is 12.0. The monoisotopic (exact) mass is 305 g/mol. The van der Waals surface area contributed by atoms with E-state index in [9.17, 15) is 13.9 Å². The van der Waals surface area contributed by atoms with E-state index in [0.29, 0.717) is 25.5 Å². The predicted molar refractivity (Wildman–Crippen MR) is 78.9 cm³/mol. The van der Waals surface area contributed by atoms with Gasteiger partial charge in [-0.3, -0.25) is 0 Å². The molecule has 0 aliphatic heterocycles. The van der Waals surface area contributed by atoms with Crippen molar-refractivity contribution in [3.63, 3.8) is 0 Å². The predicted octanol–water partition coefficient (Wildman–Crippen LogP) is 3.23. The van der Waals surface area contributed by atoms with Crippen molar-refractivity contribution in [3.05, 3.63) is 48.3 Å². The van der Waals surface area contributed by atoms with Gasteiger partial charge in [0.15, 0.2) is 0 Å². The van der Waals surface area contributed by atoms with E-state index in [1.807, 2.05) is 11.0 Å². The fourth-order valence-corrected chi connectivity index (χ4v) is 2.47. The molecule has 22 heavy (non-hydrogen) atoms. The van der Waals surface area contributed by atoms with Crippen LogP contribution in [0.15, 0.2) is 42.7 Å². The molecule has 6 heteroatoms. The summed E-state index contributed by atoms with van der Waals surface area (Å²) in [5.41, 5.74) is 0.884. The number of phenols is 1. The van der Waals surface area contributed by atoms with Gasteiger partial charge in [0.1, 0.15) is 5.75 Å². The van der Waals surface area contributed by atoms with Gasteiger partial charge in [-0.15, -0.1) is 0 Å². The van der Waals surface area contributed by atoms with Crippen molar-refractivity contribution in [3.8, 4) is 5.75 Å². The summed E-state index contributed by atoms with van der Waals surface area (Å²) in [6.45, 7) is 0.927. The molecule has 0 saturated heterocycles. The SMILES string of the molecule is Oc1cccc(CN(CCC2CC2(F)F)c2ncccn2)c1. The van der Waals surface area contributed by atoms with Crippen molar-refractivity contribution in [1.29, 1.82) is 0 Å². The van der Waals surface area contributed by atoms with E-state index in [1.165, 1.54) is 0 Å². The minimum atomic E-state index is -2.51. The molecule has 1 atom stereocenters. The zero-order valence-corrected chi connectivity index (χ0v) is 12.0. The highest BCUT2D eigenvalue weighted by Crippen LogP contribution is 2.50. The molecule has 2 aromatic rings. The average Bonchev–Trinajstić information content (AvgIpc) is 3.12. The van der Waals surface area contributed by atoms with Crippen LogP contribution in [-0.4, -0.2) is 27.5 Å². The molecule has 1 unspecified atom stereocenters. The van der Waals surface area contributed by atoms with Crippen LogP contribution in [0, 0.1) is 5.92 Å². The van der Waals surface area contributed by atoms with Gasteiger partial charge in [0.25, 0.3) is 5.92 Å². The van der Waals surface area contributed by atoms with E-state index < -0.39 is 11.8 Å². The Hall–Kier alpha value is -2.24. The second-order valence-electron chi connectivity index (χ2n) is 5.59. The maximum absolute atomic E-state index is 13.0. The number of benzene rings is 1. The highest BCUT2D eigenvalue weighted by Gasteiger charge is 2.56. The number of aromatic nitrogens is 2. The third-order valence-corrected chi connectivity index (χ3v) is 3.82. The minimum absolute atomic E-state index is 0.0252. The van der Waals surface area contributed by atoms with Gasteiger partial charge in [0.05, 0.1) is 0 Å². The lowest BCUT2D eigenvalue weighted by Crippen LogP contribution is -2.26. The van der Waals surface area contributed by atoms with Crippen LogP contribution in [0.25, 0.3) is 0 Å². The van der Waals surface area contributed by atoms with E-state index in [4.69, 9.17) is 0 Å². The fourth-order valence-electron chi connectivity index (χ4n) is 2.47. The van der Waals surface area contributed by atoms with Crippen molar-refractivity contribution in [2.45, 2.75) is 25.3 Å². The van der Waals surface area contributed by atoms with Crippen molar-refractivity contribution in [1.82, 2.24) is 9.97 Å². The number of halogens is 2. The maximum atomic E-state index is 13.0.